The number of hydrogen-bond donors (Lipinski definition) is 2. The van der Waals surface area contributed by atoms with Crippen LogP contribution in [0.3, 0.4) is 0 Å². The number of allylic oxidation sites excluding steroid dienone is 2. The lowest BCUT2D eigenvalue weighted by molar-refractivity contribution is 0.287. The number of aliphatic hydroxyl groups is 2. The number of aliphatic hydroxyl groups excluding tert-OH is 2. The van der Waals surface area contributed by atoms with Crippen LogP contribution in [0.2, 0.25) is 0 Å². The molecule has 0 saturated heterocycles. The maximum atomic E-state index is 8.72. The second kappa shape index (κ2) is 12.2. The van der Waals surface area contributed by atoms with E-state index in [4.69, 9.17) is 10.2 Å². The maximum absolute atomic E-state index is 8.72. The first-order valence-corrected chi connectivity index (χ1v) is 7.47. The minimum atomic E-state index is 0.148. The van der Waals surface area contributed by atoms with E-state index in [1.807, 2.05) is 17.8 Å². The summed E-state index contributed by atoms with van der Waals surface area (Å²) in [6.07, 6.45) is 8.27. The maximum Gasteiger partial charge on any atom is 0.0614 e. The molecule has 100 valence electrons. The van der Waals surface area contributed by atoms with Crippen molar-refractivity contribution in [3.05, 3.63) is 23.3 Å². The lowest BCUT2D eigenvalue weighted by Gasteiger charge is -2.02. The van der Waals surface area contributed by atoms with Gasteiger partial charge in [0.25, 0.3) is 0 Å². The Kier molecular flexibility index (Phi) is 12.0. The van der Waals surface area contributed by atoms with E-state index in [0.717, 1.165) is 37.2 Å². The summed E-state index contributed by atoms with van der Waals surface area (Å²) in [6, 6.07) is 0. The highest BCUT2D eigenvalue weighted by Crippen LogP contribution is 2.12. The fourth-order valence-electron chi connectivity index (χ4n) is 1.41. The molecule has 0 fully saturated rings. The molecule has 0 unspecified atom stereocenters. The van der Waals surface area contributed by atoms with Crippen LogP contribution in [0, 0.1) is 0 Å². The quantitative estimate of drug-likeness (QED) is 0.467. The van der Waals surface area contributed by atoms with Gasteiger partial charge in [-0.15, -0.1) is 0 Å². The van der Waals surface area contributed by atoms with Gasteiger partial charge in [-0.05, 0) is 45.3 Å². The molecule has 0 bridgehead atoms. The highest BCUT2D eigenvalue weighted by molar-refractivity contribution is 7.99. The summed E-state index contributed by atoms with van der Waals surface area (Å²) in [5, 5.41) is 17.4. The van der Waals surface area contributed by atoms with Crippen molar-refractivity contribution in [2.45, 2.75) is 39.5 Å². The molecule has 0 aromatic heterocycles. The molecular weight excluding hydrogens is 232 g/mol. The molecule has 0 aliphatic heterocycles. The molecule has 0 atom stereocenters. The Hall–Kier alpha value is -0.250. The third-order valence-electron chi connectivity index (χ3n) is 2.50. The highest BCUT2D eigenvalue weighted by Gasteiger charge is 1.93. The zero-order valence-electron chi connectivity index (χ0n) is 11.1. The van der Waals surface area contributed by atoms with Crippen LogP contribution in [0.1, 0.15) is 39.5 Å². The van der Waals surface area contributed by atoms with Gasteiger partial charge in [-0.3, -0.25) is 0 Å². The fourth-order valence-corrected chi connectivity index (χ4v) is 2.40. The molecule has 17 heavy (non-hydrogen) atoms. The Morgan fingerprint density at radius 2 is 1.82 bits per heavy atom. The van der Waals surface area contributed by atoms with E-state index in [1.165, 1.54) is 11.1 Å². The Morgan fingerprint density at radius 3 is 2.47 bits per heavy atom. The molecule has 0 aromatic carbocycles. The predicted octanol–water partition coefficient (Wildman–Crippen LogP) is 3.16. The third-order valence-corrected chi connectivity index (χ3v) is 3.73. The van der Waals surface area contributed by atoms with Gasteiger partial charge in [-0.1, -0.05) is 23.3 Å². The summed E-state index contributed by atoms with van der Waals surface area (Å²) in [5.74, 6) is 2.23. The predicted molar refractivity (Wildman–Crippen MR) is 77.5 cm³/mol. The number of rotatable bonds is 10. The summed E-state index contributed by atoms with van der Waals surface area (Å²) in [5.41, 5.74) is 2.68. The first kappa shape index (κ1) is 16.8. The molecule has 0 radical (unpaired) electrons. The molecule has 0 aromatic rings. The van der Waals surface area contributed by atoms with Crippen LogP contribution in [-0.4, -0.2) is 34.9 Å². The van der Waals surface area contributed by atoms with Crippen molar-refractivity contribution >= 4 is 11.8 Å². The standard InChI is InChI=1S/C14H26O2S/c1-13(8-10-16)6-5-7-14(2)12-17-11-4-3-9-15/h7-8,15-16H,3-6,9-12H2,1-2H3. The zero-order chi connectivity index (χ0) is 12.9. The molecule has 0 aliphatic rings. The third kappa shape index (κ3) is 12.0. The van der Waals surface area contributed by atoms with Gasteiger partial charge in [0, 0.05) is 12.4 Å². The number of hydrogen-bond acceptors (Lipinski definition) is 3. The molecule has 2 nitrogen and oxygen atoms in total. The molecule has 2 N–H and O–H groups in total. The van der Waals surface area contributed by atoms with Gasteiger partial charge >= 0.3 is 0 Å². The number of thioether (sulfide) groups is 1. The average molecular weight is 258 g/mol. The van der Waals surface area contributed by atoms with Crippen LogP contribution in [0.5, 0.6) is 0 Å². The van der Waals surface area contributed by atoms with Crippen LogP contribution >= 0.6 is 11.8 Å². The Bertz CT molecular complexity index is 234. The fraction of sp³-hybridized carbons (Fsp3) is 0.714. The Balaban J connectivity index is 3.54. The van der Waals surface area contributed by atoms with E-state index < -0.39 is 0 Å². The molecule has 0 heterocycles. The monoisotopic (exact) mass is 258 g/mol. The van der Waals surface area contributed by atoms with E-state index in [9.17, 15) is 0 Å². The van der Waals surface area contributed by atoms with E-state index in [1.54, 1.807) is 0 Å². The second-order valence-corrected chi connectivity index (χ2v) is 5.41. The molecule has 0 aliphatic carbocycles. The van der Waals surface area contributed by atoms with Gasteiger partial charge in [0.1, 0.15) is 0 Å². The largest absolute Gasteiger partial charge is 0.396 e. The van der Waals surface area contributed by atoms with Gasteiger partial charge < -0.3 is 10.2 Å². The molecule has 0 spiro atoms. The highest BCUT2D eigenvalue weighted by atomic mass is 32.2. The minimum Gasteiger partial charge on any atom is -0.396 e. The summed E-state index contributed by atoms with van der Waals surface area (Å²) in [4.78, 5) is 0. The summed E-state index contributed by atoms with van der Waals surface area (Å²) >= 11 is 1.94. The molecule has 0 saturated carbocycles. The van der Waals surface area contributed by atoms with Crippen LogP contribution in [0.15, 0.2) is 23.3 Å². The van der Waals surface area contributed by atoms with Crippen molar-refractivity contribution in [2.75, 3.05) is 24.7 Å². The van der Waals surface area contributed by atoms with Crippen LogP contribution in [0.4, 0.5) is 0 Å². The van der Waals surface area contributed by atoms with Crippen molar-refractivity contribution in [3.63, 3.8) is 0 Å². The average Bonchev–Trinajstić information content (AvgIpc) is 2.29. The van der Waals surface area contributed by atoms with Gasteiger partial charge in [0.05, 0.1) is 6.61 Å². The topological polar surface area (TPSA) is 40.5 Å². The van der Waals surface area contributed by atoms with Gasteiger partial charge in [0.15, 0.2) is 0 Å². The molecule has 0 amide bonds. The van der Waals surface area contributed by atoms with Crippen molar-refractivity contribution in [3.8, 4) is 0 Å². The summed E-state index contributed by atoms with van der Waals surface area (Å²) in [6.45, 7) is 4.69. The smallest absolute Gasteiger partial charge is 0.0614 e. The van der Waals surface area contributed by atoms with E-state index in [2.05, 4.69) is 19.9 Å². The molecule has 0 rings (SSSR count). The summed E-state index contributed by atoms with van der Waals surface area (Å²) < 4.78 is 0. The van der Waals surface area contributed by atoms with Crippen molar-refractivity contribution in [1.29, 1.82) is 0 Å². The van der Waals surface area contributed by atoms with Gasteiger partial charge in [0.2, 0.25) is 0 Å². The van der Waals surface area contributed by atoms with Crippen LogP contribution in [-0.2, 0) is 0 Å². The summed E-state index contributed by atoms with van der Waals surface area (Å²) in [7, 11) is 0. The van der Waals surface area contributed by atoms with Crippen molar-refractivity contribution in [2.24, 2.45) is 0 Å². The normalized spacial score (nSPS) is 13.2. The minimum absolute atomic E-state index is 0.148. The van der Waals surface area contributed by atoms with Crippen molar-refractivity contribution < 1.29 is 10.2 Å². The lowest BCUT2D eigenvalue weighted by atomic mass is 10.1. The van der Waals surface area contributed by atoms with E-state index in [-0.39, 0.29) is 6.61 Å². The van der Waals surface area contributed by atoms with Crippen LogP contribution < -0.4 is 0 Å². The van der Waals surface area contributed by atoms with Gasteiger partial charge in [-0.25, -0.2) is 0 Å². The molecular formula is C14H26O2S. The van der Waals surface area contributed by atoms with E-state index in [0.29, 0.717) is 6.61 Å². The van der Waals surface area contributed by atoms with Gasteiger partial charge in [-0.2, -0.15) is 11.8 Å². The second-order valence-electron chi connectivity index (χ2n) is 4.31. The van der Waals surface area contributed by atoms with Crippen molar-refractivity contribution in [1.82, 2.24) is 0 Å². The Labute approximate surface area is 110 Å². The number of unbranched alkanes of at least 4 members (excludes halogenated alkanes) is 1. The Morgan fingerprint density at radius 1 is 1.06 bits per heavy atom. The first-order valence-electron chi connectivity index (χ1n) is 6.31. The lowest BCUT2D eigenvalue weighted by Crippen LogP contribution is -1.89. The SMILES string of the molecule is CC(=CCO)CCC=C(C)CSCCCCO. The zero-order valence-corrected chi connectivity index (χ0v) is 11.9. The molecule has 3 heteroatoms. The van der Waals surface area contributed by atoms with E-state index >= 15 is 0 Å². The van der Waals surface area contributed by atoms with Crippen LogP contribution in [0.25, 0.3) is 0 Å². The first-order chi connectivity index (χ1) is 8.20.